The lowest BCUT2D eigenvalue weighted by molar-refractivity contribution is -0.0725. The normalized spacial score (nSPS) is 22.9. The minimum Gasteiger partial charge on any atom is -0.497 e. The number of methoxy groups -OCH3 is 1. The largest absolute Gasteiger partial charge is 0.497 e. The van der Waals surface area contributed by atoms with Gasteiger partial charge in [-0.05, 0) is 36.1 Å². The van der Waals surface area contributed by atoms with Gasteiger partial charge >= 0.3 is 0 Å². The van der Waals surface area contributed by atoms with Crippen LogP contribution in [-0.2, 0) is 4.74 Å². The van der Waals surface area contributed by atoms with Crippen molar-refractivity contribution < 1.29 is 9.47 Å². The van der Waals surface area contributed by atoms with Crippen molar-refractivity contribution in [2.45, 2.75) is 56.1 Å². The van der Waals surface area contributed by atoms with Crippen molar-refractivity contribution in [3.8, 4) is 5.75 Å². The maximum atomic E-state index is 6.87. The highest BCUT2D eigenvalue weighted by molar-refractivity contribution is 7.99. The smallest absolute Gasteiger partial charge is 0.120 e. The Hall–Kier alpha value is -1.45. The summed E-state index contributed by atoms with van der Waals surface area (Å²) in [7, 11) is 1.73. The maximum Gasteiger partial charge on any atom is 0.120 e. The van der Waals surface area contributed by atoms with E-state index in [9.17, 15) is 0 Å². The second kappa shape index (κ2) is 8.29. The molecule has 0 unspecified atom stereocenters. The summed E-state index contributed by atoms with van der Waals surface area (Å²) in [5.41, 5.74) is 2.41. The van der Waals surface area contributed by atoms with E-state index < -0.39 is 0 Å². The molecule has 0 fully saturated rings. The van der Waals surface area contributed by atoms with Gasteiger partial charge < -0.3 is 9.47 Å². The zero-order valence-corrected chi connectivity index (χ0v) is 16.3. The molecule has 0 N–H and O–H groups in total. The van der Waals surface area contributed by atoms with Gasteiger partial charge in [-0.15, -0.1) is 11.8 Å². The highest BCUT2D eigenvalue weighted by atomic mass is 32.2. The van der Waals surface area contributed by atoms with Crippen molar-refractivity contribution in [1.82, 2.24) is 0 Å². The summed E-state index contributed by atoms with van der Waals surface area (Å²) in [5.74, 6) is 1.91. The van der Waals surface area contributed by atoms with Crippen molar-refractivity contribution in [3.63, 3.8) is 0 Å². The van der Waals surface area contributed by atoms with E-state index >= 15 is 0 Å². The van der Waals surface area contributed by atoms with Gasteiger partial charge in [0.15, 0.2) is 0 Å². The molecule has 2 nitrogen and oxygen atoms in total. The number of hydrogen-bond acceptors (Lipinski definition) is 3. The number of hydrogen-bond donors (Lipinski definition) is 0. The maximum absolute atomic E-state index is 6.87. The van der Waals surface area contributed by atoms with Crippen molar-refractivity contribution in [2.24, 2.45) is 0 Å². The molecule has 1 aliphatic heterocycles. The average Bonchev–Trinajstić information content (AvgIpc) is 2.84. The number of rotatable bonds is 6. The van der Waals surface area contributed by atoms with E-state index in [1.54, 1.807) is 7.11 Å². The summed E-state index contributed by atoms with van der Waals surface area (Å²) in [5, 5.41) is 0. The molecular formula is C22H28O2S. The van der Waals surface area contributed by atoms with Gasteiger partial charge in [-0.2, -0.15) is 0 Å². The molecule has 0 saturated heterocycles. The van der Waals surface area contributed by atoms with Crippen molar-refractivity contribution in [3.05, 3.63) is 59.7 Å². The molecule has 0 aromatic heterocycles. The van der Waals surface area contributed by atoms with Gasteiger partial charge in [0.1, 0.15) is 11.9 Å². The van der Waals surface area contributed by atoms with Crippen LogP contribution in [0.5, 0.6) is 5.75 Å². The number of thioether (sulfide) groups is 1. The Kier molecular flexibility index (Phi) is 6.08. The van der Waals surface area contributed by atoms with Gasteiger partial charge in [0.2, 0.25) is 0 Å². The zero-order chi connectivity index (χ0) is 17.7. The number of ether oxygens (including phenoxy) is 2. The molecule has 0 bridgehead atoms. The molecule has 134 valence electrons. The molecule has 25 heavy (non-hydrogen) atoms. The van der Waals surface area contributed by atoms with Gasteiger partial charge in [0.05, 0.1) is 12.7 Å². The molecule has 1 heterocycles. The Labute approximate surface area is 155 Å². The van der Waals surface area contributed by atoms with E-state index in [4.69, 9.17) is 9.47 Å². The molecule has 3 heteroatoms. The summed E-state index contributed by atoms with van der Waals surface area (Å²) in [4.78, 5) is 1.28. The molecule has 0 aliphatic carbocycles. The van der Waals surface area contributed by atoms with E-state index in [0.717, 1.165) is 24.3 Å². The third-order valence-electron chi connectivity index (χ3n) is 5.09. The molecule has 3 rings (SSSR count). The third-order valence-corrected chi connectivity index (χ3v) is 6.43. The van der Waals surface area contributed by atoms with Gasteiger partial charge in [0.25, 0.3) is 0 Å². The second-order valence-corrected chi connectivity index (χ2v) is 7.76. The highest BCUT2D eigenvalue weighted by Gasteiger charge is 2.37. The first-order chi connectivity index (χ1) is 12.2. The molecule has 0 spiro atoms. The highest BCUT2D eigenvalue weighted by Crippen LogP contribution is 2.45. The number of unbranched alkanes of at least 4 members (excludes halogenated alkanes) is 1. The fraction of sp³-hybridized carbons (Fsp3) is 0.455. The Balaban J connectivity index is 2.04. The van der Waals surface area contributed by atoms with E-state index in [0.29, 0.717) is 0 Å². The van der Waals surface area contributed by atoms with Crippen molar-refractivity contribution in [2.75, 3.05) is 12.9 Å². The Morgan fingerprint density at radius 3 is 2.64 bits per heavy atom. The van der Waals surface area contributed by atoms with E-state index in [1.807, 2.05) is 17.8 Å². The van der Waals surface area contributed by atoms with Gasteiger partial charge in [-0.25, -0.2) is 0 Å². The van der Waals surface area contributed by atoms with Crippen LogP contribution in [0.3, 0.4) is 0 Å². The first-order valence-corrected chi connectivity index (χ1v) is 10.2. The Morgan fingerprint density at radius 1 is 1.16 bits per heavy atom. The summed E-state index contributed by atoms with van der Waals surface area (Å²) in [6.45, 7) is 4.51. The SMILES string of the molecule is CCCC[C@]1(CC)CSc2cc(OC)ccc2[C@@H](c2ccccc2)O1. The molecule has 1 aliphatic rings. The minimum absolute atomic E-state index is 0.0195. The van der Waals surface area contributed by atoms with Gasteiger partial charge in [0, 0.05) is 10.6 Å². The monoisotopic (exact) mass is 356 g/mol. The van der Waals surface area contributed by atoms with E-state index in [1.165, 1.54) is 28.9 Å². The predicted octanol–water partition coefficient (Wildman–Crippen LogP) is 6.25. The van der Waals surface area contributed by atoms with Gasteiger partial charge in [-0.3, -0.25) is 0 Å². The first kappa shape index (κ1) is 18.3. The van der Waals surface area contributed by atoms with Crippen LogP contribution in [0.1, 0.15) is 56.8 Å². The topological polar surface area (TPSA) is 18.5 Å². The summed E-state index contributed by atoms with van der Waals surface area (Å²) in [6.07, 6.45) is 4.53. The summed E-state index contributed by atoms with van der Waals surface area (Å²) in [6, 6.07) is 17.0. The Bertz CT molecular complexity index is 686. The van der Waals surface area contributed by atoms with Crippen LogP contribution in [0, 0.1) is 0 Å². The van der Waals surface area contributed by atoms with Crippen molar-refractivity contribution >= 4 is 11.8 Å². The van der Waals surface area contributed by atoms with E-state index in [-0.39, 0.29) is 11.7 Å². The first-order valence-electron chi connectivity index (χ1n) is 9.25. The third kappa shape index (κ3) is 4.04. The molecule has 2 aromatic carbocycles. The minimum atomic E-state index is -0.0760. The van der Waals surface area contributed by atoms with Crippen molar-refractivity contribution in [1.29, 1.82) is 0 Å². The van der Waals surface area contributed by atoms with Crippen LogP contribution in [0.4, 0.5) is 0 Å². The molecule has 2 atom stereocenters. The summed E-state index contributed by atoms with van der Waals surface area (Å²) >= 11 is 1.91. The average molecular weight is 357 g/mol. The standard InChI is InChI=1S/C22H28O2S/c1-4-6-14-22(5-2)16-25-20-15-18(23-3)12-13-19(20)21(24-22)17-10-8-7-9-11-17/h7-13,15,21H,4-6,14,16H2,1-3H3/t21-,22-/m1/s1. The molecule has 0 saturated carbocycles. The fourth-order valence-corrected chi connectivity index (χ4v) is 4.78. The molecular weight excluding hydrogens is 328 g/mol. The van der Waals surface area contributed by atoms with Crippen LogP contribution in [0.15, 0.2) is 53.4 Å². The Morgan fingerprint density at radius 2 is 1.96 bits per heavy atom. The quantitative estimate of drug-likeness (QED) is 0.610. The van der Waals surface area contributed by atoms with Crippen LogP contribution in [0.25, 0.3) is 0 Å². The number of fused-ring (bicyclic) bond motifs is 1. The lowest BCUT2D eigenvalue weighted by Crippen LogP contribution is -2.35. The second-order valence-electron chi connectivity index (χ2n) is 6.74. The zero-order valence-electron chi connectivity index (χ0n) is 15.5. The van der Waals surface area contributed by atoms with Crippen LogP contribution < -0.4 is 4.74 Å². The van der Waals surface area contributed by atoms with Crippen LogP contribution in [-0.4, -0.2) is 18.5 Å². The van der Waals surface area contributed by atoms with Crippen LogP contribution >= 0.6 is 11.8 Å². The predicted molar refractivity (Wildman–Crippen MR) is 106 cm³/mol. The number of benzene rings is 2. The lowest BCUT2D eigenvalue weighted by Gasteiger charge is -2.35. The van der Waals surface area contributed by atoms with E-state index in [2.05, 4.69) is 56.3 Å². The van der Waals surface area contributed by atoms with Crippen LogP contribution in [0.2, 0.25) is 0 Å². The molecule has 0 amide bonds. The summed E-state index contributed by atoms with van der Waals surface area (Å²) < 4.78 is 12.3. The molecule has 2 aromatic rings. The fourth-order valence-electron chi connectivity index (χ4n) is 3.41. The van der Waals surface area contributed by atoms with Gasteiger partial charge in [-0.1, -0.05) is 63.1 Å². The molecule has 0 radical (unpaired) electrons. The lowest BCUT2D eigenvalue weighted by atomic mass is 9.93.